The standard InChI is InChI=1S/C31H31ClF5N9O5/c1-44-22(19-12-46(9-14-5-30(14,33)34)43-25(19)31(35,36)37)7-39-26(44)28(49)40-15-2-3-16(20(32)4-15)27(48)42-24-17-10-45(11-18(17)24)29(50)41-21-6-38-8-23(21)51-13-47/h2-4,7,12-14,17-18,21,23-24,38H,5-6,8-11H2,1H3,(H,40,49)(H,41,50)(H,42,48)/t14?,17-,18+,21-,23-,24?/m0/s1. The molecule has 4 amide bonds. The number of carbonyl (C=O) groups is 4. The van der Waals surface area contributed by atoms with E-state index in [-0.39, 0.29) is 57.7 Å². The number of hydrogen-bond acceptors (Lipinski definition) is 8. The lowest BCUT2D eigenvalue weighted by atomic mass is 10.2. The number of likely N-dealkylation sites (tertiary alicyclic amines) is 1. The third-order valence-corrected chi connectivity index (χ3v) is 10.1. The molecule has 2 unspecified atom stereocenters. The summed E-state index contributed by atoms with van der Waals surface area (Å²) in [4.78, 5) is 55.2. The van der Waals surface area contributed by atoms with Crippen molar-refractivity contribution in [2.75, 3.05) is 31.5 Å². The molecule has 3 aromatic rings. The maximum Gasteiger partial charge on any atom is 0.435 e. The summed E-state index contributed by atoms with van der Waals surface area (Å²) in [6.45, 7) is 1.77. The lowest BCUT2D eigenvalue weighted by Crippen LogP contribution is -2.50. The first-order chi connectivity index (χ1) is 24.1. The number of aromatic nitrogens is 4. The summed E-state index contributed by atoms with van der Waals surface area (Å²) in [5.74, 6) is -5.41. The highest BCUT2D eigenvalue weighted by Gasteiger charge is 2.58. The SMILES string of the molecule is Cn1c(-c2cn(CC3CC3(F)F)nc2C(F)(F)F)cnc1C(=O)Nc1ccc(C(=O)NC2[C@H]3CN(C(=O)N[C@H]4CNC[C@@H]4OC=O)C[C@@H]23)c(Cl)c1. The van der Waals surface area contributed by atoms with Crippen LogP contribution in [0.5, 0.6) is 0 Å². The predicted molar refractivity (Wildman–Crippen MR) is 168 cm³/mol. The van der Waals surface area contributed by atoms with Gasteiger partial charge in [0.05, 0.1) is 34.1 Å². The molecule has 4 fully saturated rings. The van der Waals surface area contributed by atoms with Crippen molar-refractivity contribution < 1.29 is 45.9 Å². The van der Waals surface area contributed by atoms with E-state index < -0.39 is 60.2 Å². The van der Waals surface area contributed by atoms with E-state index in [9.17, 15) is 41.1 Å². The van der Waals surface area contributed by atoms with Crippen LogP contribution in [0.1, 0.15) is 33.1 Å². The van der Waals surface area contributed by atoms with Crippen molar-refractivity contribution in [1.82, 2.24) is 40.2 Å². The second-order valence-corrected chi connectivity index (χ2v) is 13.6. The molecule has 2 aliphatic heterocycles. The normalized spacial score (nSPS) is 26.0. The molecule has 4 N–H and O–H groups in total. The zero-order valence-electron chi connectivity index (χ0n) is 26.7. The predicted octanol–water partition coefficient (Wildman–Crippen LogP) is 2.75. The van der Waals surface area contributed by atoms with E-state index in [4.69, 9.17) is 16.3 Å². The molecule has 0 radical (unpaired) electrons. The second kappa shape index (κ2) is 12.8. The number of carbonyl (C=O) groups excluding carboxylic acids is 4. The highest BCUT2D eigenvalue weighted by Crippen LogP contribution is 2.50. The zero-order chi connectivity index (χ0) is 36.4. The number of ether oxygens (including phenoxy) is 1. The number of halogens is 6. The molecule has 2 saturated heterocycles. The van der Waals surface area contributed by atoms with Crippen molar-refractivity contribution >= 4 is 41.6 Å². The number of amides is 4. The first kappa shape index (κ1) is 34.7. The van der Waals surface area contributed by atoms with Gasteiger partial charge in [-0.1, -0.05) is 11.6 Å². The summed E-state index contributed by atoms with van der Waals surface area (Å²) in [6.07, 6.45) is -3.70. The number of hydrogen-bond donors (Lipinski definition) is 4. The molecule has 1 aromatic carbocycles. The van der Waals surface area contributed by atoms with E-state index in [0.29, 0.717) is 32.7 Å². The monoisotopic (exact) mass is 739 g/mol. The van der Waals surface area contributed by atoms with Crippen LogP contribution in [0.3, 0.4) is 0 Å². The van der Waals surface area contributed by atoms with Crippen LogP contribution in [0.2, 0.25) is 5.02 Å². The molecule has 51 heavy (non-hydrogen) atoms. The maximum atomic E-state index is 13.8. The third kappa shape index (κ3) is 6.83. The van der Waals surface area contributed by atoms with Crippen LogP contribution in [0.25, 0.3) is 11.3 Å². The lowest BCUT2D eigenvalue weighted by molar-refractivity contribution is -0.141. The highest BCUT2D eigenvalue weighted by molar-refractivity contribution is 6.34. The molecule has 2 aliphatic carbocycles. The van der Waals surface area contributed by atoms with Gasteiger partial charge in [-0.05, 0) is 18.2 Å². The van der Waals surface area contributed by atoms with Crippen LogP contribution < -0.4 is 21.3 Å². The van der Waals surface area contributed by atoms with E-state index in [1.165, 1.54) is 25.2 Å². The van der Waals surface area contributed by atoms with Crippen LogP contribution in [0.4, 0.5) is 32.4 Å². The molecular weight excluding hydrogens is 709 g/mol. The van der Waals surface area contributed by atoms with Crippen LogP contribution >= 0.6 is 11.6 Å². The van der Waals surface area contributed by atoms with Crippen molar-refractivity contribution in [3.8, 4) is 11.3 Å². The molecule has 4 aliphatic rings. The molecule has 14 nitrogen and oxygen atoms in total. The first-order valence-corrected chi connectivity index (χ1v) is 16.3. The summed E-state index contributed by atoms with van der Waals surface area (Å²) in [5.41, 5.74) is -1.50. The number of piperidine rings is 1. The summed E-state index contributed by atoms with van der Waals surface area (Å²) >= 11 is 6.40. The van der Waals surface area contributed by atoms with Crippen LogP contribution in [0, 0.1) is 17.8 Å². The number of fused-ring (bicyclic) bond motifs is 1. The number of alkyl halides is 5. The Bertz CT molecular complexity index is 1890. The number of imidazole rings is 1. The lowest BCUT2D eigenvalue weighted by Gasteiger charge is -2.25. The summed E-state index contributed by atoms with van der Waals surface area (Å²) in [5, 5.41) is 15.0. The van der Waals surface area contributed by atoms with E-state index in [2.05, 4.69) is 31.3 Å². The van der Waals surface area contributed by atoms with Gasteiger partial charge in [-0.3, -0.25) is 19.1 Å². The van der Waals surface area contributed by atoms with E-state index >= 15 is 0 Å². The van der Waals surface area contributed by atoms with Gasteiger partial charge in [-0.15, -0.1) is 0 Å². The molecule has 4 heterocycles. The quantitative estimate of drug-likeness (QED) is 0.182. The van der Waals surface area contributed by atoms with Crippen LogP contribution in [-0.4, -0.2) is 98.8 Å². The Morgan fingerprint density at radius 3 is 2.51 bits per heavy atom. The number of urea groups is 1. The largest absolute Gasteiger partial charge is 0.461 e. The Kier molecular flexibility index (Phi) is 8.68. The Hall–Kier alpha value is -4.78. The van der Waals surface area contributed by atoms with Gasteiger partial charge in [0.25, 0.3) is 24.2 Å². The summed E-state index contributed by atoms with van der Waals surface area (Å²) < 4.78 is 75.3. The zero-order valence-corrected chi connectivity index (χ0v) is 27.5. The van der Waals surface area contributed by atoms with Crippen molar-refractivity contribution in [1.29, 1.82) is 0 Å². The second-order valence-electron chi connectivity index (χ2n) is 13.2. The molecule has 2 saturated carbocycles. The smallest absolute Gasteiger partial charge is 0.435 e. The molecule has 0 bridgehead atoms. The first-order valence-electron chi connectivity index (χ1n) is 16.0. The van der Waals surface area contributed by atoms with Gasteiger partial charge in [0.15, 0.2) is 11.5 Å². The fourth-order valence-electron chi connectivity index (χ4n) is 6.84. The van der Waals surface area contributed by atoms with Gasteiger partial charge in [0.1, 0.15) is 6.10 Å². The Morgan fingerprint density at radius 1 is 1.14 bits per heavy atom. The number of nitrogens with one attached hydrogen (secondary N) is 4. The van der Waals surface area contributed by atoms with Gasteiger partial charge in [-0.25, -0.2) is 18.6 Å². The maximum absolute atomic E-state index is 13.8. The minimum Gasteiger partial charge on any atom is -0.461 e. The molecule has 272 valence electrons. The number of rotatable bonds is 10. The molecule has 6 atom stereocenters. The fourth-order valence-corrected chi connectivity index (χ4v) is 7.10. The molecular formula is C31H31ClF5N9O5. The fraction of sp³-hybridized carbons (Fsp3) is 0.484. The Labute approximate surface area is 291 Å². The molecule has 7 rings (SSSR count). The topological polar surface area (TPSA) is 165 Å². The molecule has 0 spiro atoms. The van der Waals surface area contributed by atoms with Gasteiger partial charge in [-0.2, -0.15) is 18.3 Å². The minimum atomic E-state index is -4.90. The highest BCUT2D eigenvalue weighted by atomic mass is 35.5. The van der Waals surface area contributed by atoms with Gasteiger partial charge < -0.3 is 35.5 Å². The van der Waals surface area contributed by atoms with Crippen molar-refractivity contribution in [3.05, 3.63) is 52.7 Å². The minimum absolute atomic E-state index is 0.0263. The Morgan fingerprint density at radius 2 is 1.86 bits per heavy atom. The van der Waals surface area contributed by atoms with E-state index in [0.717, 1.165) is 21.6 Å². The van der Waals surface area contributed by atoms with Crippen molar-refractivity contribution in [2.45, 2.75) is 43.3 Å². The molecule has 20 heteroatoms. The number of nitrogens with zero attached hydrogens (tertiary/aromatic N) is 5. The average Bonchev–Trinajstić information content (AvgIpc) is 3.51. The third-order valence-electron chi connectivity index (χ3n) is 9.81. The van der Waals surface area contributed by atoms with Crippen LogP contribution in [0.15, 0.2) is 30.6 Å². The average molecular weight is 740 g/mol. The molecule has 2 aromatic heterocycles. The van der Waals surface area contributed by atoms with Gasteiger partial charge in [0, 0.05) is 81.9 Å². The van der Waals surface area contributed by atoms with Crippen molar-refractivity contribution in [2.24, 2.45) is 24.8 Å². The van der Waals surface area contributed by atoms with Crippen LogP contribution in [-0.2, 0) is 29.3 Å². The number of benzene rings is 1. The summed E-state index contributed by atoms with van der Waals surface area (Å²) in [6, 6.07) is 3.42. The van der Waals surface area contributed by atoms with E-state index in [1.807, 2.05) is 0 Å². The number of anilines is 1. The van der Waals surface area contributed by atoms with Gasteiger partial charge in [0.2, 0.25) is 0 Å². The summed E-state index contributed by atoms with van der Waals surface area (Å²) in [7, 11) is 1.33. The van der Waals surface area contributed by atoms with Gasteiger partial charge >= 0.3 is 12.2 Å². The van der Waals surface area contributed by atoms with E-state index in [1.54, 1.807) is 4.90 Å². The Balaban J connectivity index is 0.946. The van der Waals surface area contributed by atoms with Crippen molar-refractivity contribution in [3.63, 3.8) is 0 Å².